The predicted octanol–water partition coefficient (Wildman–Crippen LogP) is 0.963. The van der Waals surface area contributed by atoms with Gasteiger partial charge in [-0.3, -0.25) is 9.59 Å². The maximum atomic E-state index is 12.6. The minimum absolute atomic E-state index is 0.0423. The van der Waals surface area contributed by atoms with Gasteiger partial charge in [-0.2, -0.15) is 0 Å². The highest BCUT2D eigenvalue weighted by atomic mass is 16.4. The first-order valence-electron chi connectivity index (χ1n) is 9.12. The maximum Gasteiger partial charge on any atom is 0.326 e. The first kappa shape index (κ1) is 19.4. The van der Waals surface area contributed by atoms with E-state index in [1.54, 1.807) is 4.90 Å². The number of carboxylic acids is 1. The van der Waals surface area contributed by atoms with E-state index < -0.39 is 23.8 Å². The van der Waals surface area contributed by atoms with Crippen LogP contribution in [0.3, 0.4) is 0 Å². The molecule has 1 heterocycles. The van der Waals surface area contributed by atoms with Crippen LogP contribution in [0.25, 0.3) is 0 Å². The van der Waals surface area contributed by atoms with Gasteiger partial charge in [0.25, 0.3) is 0 Å². The summed E-state index contributed by atoms with van der Waals surface area (Å²) in [5, 5.41) is 12.1. The Labute approximate surface area is 163 Å². The van der Waals surface area contributed by atoms with Crippen LogP contribution in [-0.4, -0.2) is 42.0 Å². The molecule has 0 spiro atoms. The fourth-order valence-corrected chi connectivity index (χ4v) is 3.49. The molecule has 0 saturated carbocycles. The summed E-state index contributed by atoms with van der Waals surface area (Å²) >= 11 is 0. The number of aliphatic carboxylic acids is 1. The maximum absolute atomic E-state index is 12.6. The Balaban J connectivity index is 1.70. The zero-order valence-corrected chi connectivity index (χ0v) is 15.4. The van der Waals surface area contributed by atoms with E-state index in [0.717, 1.165) is 16.8 Å². The van der Waals surface area contributed by atoms with Crippen molar-refractivity contribution in [2.45, 2.75) is 18.9 Å². The Kier molecular flexibility index (Phi) is 5.93. The number of hydrogen-bond donors (Lipinski definition) is 3. The van der Waals surface area contributed by atoms with Crippen molar-refractivity contribution >= 4 is 23.5 Å². The standard InChI is InChI=1S/C21H23N3O4/c22-20(26)16-11-15-8-4-5-9-18(15)24(12-16)13-19(25)23-17(21(27)28)10-14-6-2-1-3-7-14/h1-9,16-17H,10-13H2,(H2,22,26)(H,23,25)(H,27,28)/t16?,17-/m0/s1. The number of amides is 2. The molecule has 0 fully saturated rings. The van der Waals surface area contributed by atoms with Crippen LogP contribution in [0.15, 0.2) is 54.6 Å². The molecule has 2 aromatic rings. The lowest BCUT2D eigenvalue weighted by atomic mass is 9.92. The summed E-state index contributed by atoms with van der Waals surface area (Å²) in [6, 6.07) is 15.6. The van der Waals surface area contributed by atoms with Crippen molar-refractivity contribution in [3.63, 3.8) is 0 Å². The molecule has 3 rings (SSSR count). The van der Waals surface area contributed by atoms with Gasteiger partial charge in [-0.15, -0.1) is 0 Å². The summed E-state index contributed by atoms with van der Waals surface area (Å²) < 4.78 is 0. The zero-order chi connectivity index (χ0) is 20.1. The molecule has 1 aliphatic heterocycles. The van der Waals surface area contributed by atoms with Crippen LogP contribution in [-0.2, 0) is 27.2 Å². The third-order valence-corrected chi connectivity index (χ3v) is 4.89. The molecule has 2 atom stereocenters. The van der Waals surface area contributed by atoms with E-state index in [1.165, 1.54) is 0 Å². The van der Waals surface area contributed by atoms with Crippen LogP contribution >= 0.6 is 0 Å². The third kappa shape index (κ3) is 4.68. The van der Waals surface area contributed by atoms with Gasteiger partial charge >= 0.3 is 5.97 Å². The Hall–Kier alpha value is -3.35. The van der Waals surface area contributed by atoms with Crippen LogP contribution in [0, 0.1) is 5.92 Å². The van der Waals surface area contributed by atoms with Crippen molar-refractivity contribution in [2.75, 3.05) is 18.0 Å². The third-order valence-electron chi connectivity index (χ3n) is 4.89. The number of nitrogens with one attached hydrogen (secondary N) is 1. The molecule has 2 aromatic carbocycles. The van der Waals surface area contributed by atoms with Crippen molar-refractivity contribution in [1.82, 2.24) is 5.32 Å². The quantitative estimate of drug-likeness (QED) is 0.661. The average molecular weight is 381 g/mol. The average Bonchev–Trinajstić information content (AvgIpc) is 2.68. The molecular formula is C21H23N3O4. The minimum Gasteiger partial charge on any atom is -0.480 e. The van der Waals surface area contributed by atoms with Gasteiger partial charge in [0.1, 0.15) is 6.04 Å². The summed E-state index contributed by atoms with van der Waals surface area (Å²) in [6.45, 7) is 0.287. The molecule has 0 bridgehead atoms. The molecule has 7 heteroatoms. The van der Waals surface area contributed by atoms with Crippen LogP contribution < -0.4 is 16.0 Å². The number of anilines is 1. The molecular weight excluding hydrogens is 358 g/mol. The number of rotatable bonds is 7. The van der Waals surface area contributed by atoms with E-state index in [9.17, 15) is 19.5 Å². The molecule has 0 radical (unpaired) electrons. The minimum atomic E-state index is -1.09. The van der Waals surface area contributed by atoms with Crippen molar-refractivity contribution in [3.05, 3.63) is 65.7 Å². The number of carbonyl (C=O) groups excluding carboxylic acids is 2. The largest absolute Gasteiger partial charge is 0.480 e. The lowest BCUT2D eigenvalue weighted by Crippen LogP contribution is -2.49. The van der Waals surface area contributed by atoms with E-state index in [2.05, 4.69) is 5.32 Å². The first-order chi connectivity index (χ1) is 13.4. The number of para-hydroxylation sites is 1. The van der Waals surface area contributed by atoms with E-state index in [-0.39, 0.29) is 18.9 Å². The topological polar surface area (TPSA) is 113 Å². The van der Waals surface area contributed by atoms with Crippen LogP contribution in [0.5, 0.6) is 0 Å². The number of benzene rings is 2. The van der Waals surface area contributed by atoms with Gasteiger partial charge in [0.05, 0.1) is 12.5 Å². The fourth-order valence-electron chi connectivity index (χ4n) is 3.49. The summed E-state index contributed by atoms with van der Waals surface area (Å²) in [5.74, 6) is -2.30. The Morgan fingerprint density at radius 1 is 1.11 bits per heavy atom. The molecule has 4 N–H and O–H groups in total. The van der Waals surface area contributed by atoms with E-state index in [4.69, 9.17) is 5.73 Å². The lowest BCUT2D eigenvalue weighted by Gasteiger charge is -2.34. The molecule has 0 saturated heterocycles. The zero-order valence-electron chi connectivity index (χ0n) is 15.4. The number of hydrogen-bond acceptors (Lipinski definition) is 4. The second-order valence-corrected chi connectivity index (χ2v) is 6.96. The second kappa shape index (κ2) is 8.56. The van der Waals surface area contributed by atoms with Crippen molar-refractivity contribution in [3.8, 4) is 0 Å². The smallest absolute Gasteiger partial charge is 0.326 e. The van der Waals surface area contributed by atoms with Gasteiger partial charge < -0.3 is 21.1 Å². The fraction of sp³-hybridized carbons (Fsp3) is 0.286. The van der Waals surface area contributed by atoms with Gasteiger partial charge in [-0.25, -0.2) is 4.79 Å². The van der Waals surface area contributed by atoms with Crippen molar-refractivity contribution in [2.24, 2.45) is 11.7 Å². The molecule has 7 nitrogen and oxygen atoms in total. The first-order valence-corrected chi connectivity index (χ1v) is 9.12. The van der Waals surface area contributed by atoms with Crippen LogP contribution in [0.4, 0.5) is 5.69 Å². The highest BCUT2D eigenvalue weighted by Crippen LogP contribution is 2.29. The van der Waals surface area contributed by atoms with E-state index in [1.807, 2.05) is 54.6 Å². The Morgan fingerprint density at radius 2 is 1.79 bits per heavy atom. The molecule has 146 valence electrons. The van der Waals surface area contributed by atoms with Gasteiger partial charge in [0, 0.05) is 18.7 Å². The van der Waals surface area contributed by atoms with Crippen LogP contribution in [0.2, 0.25) is 0 Å². The predicted molar refractivity (Wildman–Crippen MR) is 105 cm³/mol. The summed E-state index contributed by atoms with van der Waals surface area (Å²) in [5.41, 5.74) is 8.12. The van der Waals surface area contributed by atoms with Gasteiger partial charge in [0.2, 0.25) is 11.8 Å². The summed E-state index contributed by atoms with van der Waals surface area (Å²) in [7, 11) is 0. The second-order valence-electron chi connectivity index (χ2n) is 6.96. The number of nitrogens with zero attached hydrogens (tertiary/aromatic N) is 1. The molecule has 1 aliphatic rings. The summed E-state index contributed by atoms with van der Waals surface area (Å²) in [6.07, 6.45) is 0.734. The normalized spacial score (nSPS) is 16.7. The Morgan fingerprint density at radius 3 is 2.46 bits per heavy atom. The molecule has 0 aromatic heterocycles. The molecule has 2 amide bonds. The number of fused-ring (bicyclic) bond motifs is 1. The molecule has 0 aliphatic carbocycles. The summed E-state index contributed by atoms with van der Waals surface area (Å²) in [4.78, 5) is 37.6. The van der Waals surface area contributed by atoms with Gasteiger partial charge in [0.15, 0.2) is 0 Å². The SMILES string of the molecule is NC(=O)C1Cc2ccccc2N(CC(=O)N[C@@H](Cc2ccccc2)C(=O)O)C1. The monoisotopic (exact) mass is 381 g/mol. The van der Waals surface area contributed by atoms with Gasteiger partial charge in [-0.1, -0.05) is 48.5 Å². The number of carbonyl (C=O) groups is 3. The number of primary amides is 1. The van der Waals surface area contributed by atoms with Crippen molar-refractivity contribution < 1.29 is 19.5 Å². The molecule has 28 heavy (non-hydrogen) atoms. The molecule has 1 unspecified atom stereocenters. The highest BCUT2D eigenvalue weighted by Gasteiger charge is 2.29. The number of nitrogens with two attached hydrogens (primary N) is 1. The van der Waals surface area contributed by atoms with Crippen LogP contribution in [0.1, 0.15) is 11.1 Å². The number of carboxylic acid groups (broad SMARTS) is 1. The highest BCUT2D eigenvalue weighted by molar-refractivity contribution is 5.87. The van der Waals surface area contributed by atoms with Crippen molar-refractivity contribution in [1.29, 1.82) is 0 Å². The lowest BCUT2D eigenvalue weighted by molar-refractivity contribution is -0.141. The van der Waals surface area contributed by atoms with E-state index in [0.29, 0.717) is 13.0 Å². The van der Waals surface area contributed by atoms with E-state index >= 15 is 0 Å². The van der Waals surface area contributed by atoms with Gasteiger partial charge in [-0.05, 0) is 23.6 Å². The Bertz CT molecular complexity index is 869.